The molecule has 0 saturated carbocycles. The summed E-state index contributed by atoms with van der Waals surface area (Å²) in [7, 11) is 0. The van der Waals surface area contributed by atoms with Crippen molar-refractivity contribution in [2.24, 2.45) is 9.98 Å². The van der Waals surface area contributed by atoms with E-state index < -0.39 is 0 Å². The smallest absolute Gasteiger partial charge is 0.156 e. The van der Waals surface area contributed by atoms with Gasteiger partial charge in [-0.1, -0.05) is 171 Å². The van der Waals surface area contributed by atoms with E-state index >= 15 is 0 Å². The van der Waals surface area contributed by atoms with Crippen LogP contribution in [-0.4, -0.2) is 11.5 Å². The molecule has 0 amide bonds. The van der Waals surface area contributed by atoms with Crippen molar-refractivity contribution in [1.29, 1.82) is 0 Å². The van der Waals surface area contributed by atoms with E-state index in [1.165, 1.54) is 54.9 Å². The lowest BCUT2D eigenvalue weighted by Gasteiger charge is -2.35. The zero-order chi connectivity index (χ0) is 42.7. The molecule has 0 aromatic heterocycles. The largest absolute Gasteiger partial charge is 0.310 e. The molecule has 62 heavy (non-hydrogen) atoms. The fourth-order valence-electron chi connectivity index (χ4n) is 9.41. The highest BCUT2D eigenvalue weighted by molar-refractivity contribution is 6.17. The van der Waals surface area contributed by atoms with Gasteiger partial charge in [0.25, 0.3) is 0 Å². The van der Waals surface area contributed by atoms with Gasteiger partial charge in [-0.2, -0.15) is 0 Å². The van der Waals surface area contributed by atoms with Crippen molar-refractivity contribution >= 4 is 55.2 Å². The topological polar surface area (TPSA) is 28.0 Å². The average Bonchev–Trinajstić information content (AvgIpc) is 3.32. The van der Waals surface area contributed by atoms with Gasteiger partial charge in [0, 0.05) is 34.0 Å². The molecule has 1 aliphatic carbocycles. The Morgan fingerprint density at radius 3 is 1.98 bits per heavy atom. The van der Waals surface area contributed by atoms with E-state index in [4.69, 9.17) is 9.98 Å². The van der Waals surface area contributed by atoms with Crippen molar-refractivity contribution in [3.05, 3.63) is 227 Å². The lowest BCUT2D eigenvalue weighted by Crippen LogP contribution is -2.22. The predicted molar refractivity (Wildman–Crippen MR) is 267 cm³/mol. The summed E-state index contributed by atoms with van der Waals surface area (Å²) in [4.78, 5) is 13.3. The van der Waals surface area contributed by atoms with Gasteiger partial charge in [0.05, 0.1) is 11.7 Å². The highest BCUT2D eigenvalue weighted by Gasteiger charge is 2.29. The van der Waals surface area contributed by atoms with E-state index in [0.29, 0.717) is 5.92 Å². The van der Waals surface area contributed by atoms with Crippen LogP contribution in [0.3, 0.4) is 0 Å². The van der Waals surface area contributed by atoms with Gasteiger partial charge in [0.15, 0.2) is 5.84 Å². The van der Waals surface area contributed by atoms with Crippen molar-refractivity contribution in [1.82, 2.24) is 0 Å². The number of aliphatic imine (C=N–C) groups is 2. The van der Waals surface area contributed by atoms with Gasteiger partial charge in [-0.15, -0.1) is 0 Å². The Bertz CT molecular complexity index is 3040. The molecule has 0 aliphatic heterocycles. The van der Waals surface area contributed by atoms with Crippen LogP contribution in [0.15, 0.2) is 209 Å². The predicted octanol–water partition coefficient (Wildman–Crippen LogP) is 16.2. The van der Waals surface area contributed by atoms with E-state index in [-0.39, 0.29) is 12.0 Å². The molecular weight excluding hydrogens is 751 g/mol. The molecule has 3 nitrogen and oxygen atoms in total. The third-order valence-electron chi connectivity index (χ3n) is 13.0. The first-order chi connectivity index (χ1) is 30.3. The van der Waals surface area contributed by atoms with Crippen LogP contribution in [0.2, 0.25) is 0 Å². The SMILES string of the molecule is CCC(C)c1ccc2ccccc2c1C1CC(C)=C(N(c2ccccc2)c2cc(C(C)=NC(=NC(C)c3ccccc3)c3cccc4ccccc34)cc3ccccc23)C=C1C. The van der Waals surface area contributed by atoms with Crippen LogP contribution < -0.4 is 4.90 Å². The number of rotatable bonds is 10. The van der Waals surface area contributed by atoms with Crippen LogP contribution in [0.1, 0.15) is 100 Å². The summed E-state index contributed by atoms with van der Waals surface area (Å²) in [5.41, 5.74) is 13.3. The monoisotopic (exact) mass is 805 g/mol. The molecule has 3 atom stereocenters. The molecule has 3 unspecified atom stereocenters. The Morgan fingerprint density at radius 2 is 1.26 bits per heavy atom. The van der Waals surface area contributed by atoms with Gasteiger partial charge in [0.1, 0.15) is 0 Å². The molecule has 0 N–H and O–H groups in total. The Morgan fingerprint density at radius 1 is 0.645 bits per heavy atom. The van der Waals surface area contributed by atoms with Gasteiger partial charge in [-0.3, -0.25) is 4.99 Å². The maximum atomic E-state index is 5.47. The maximum absolute atomic E-state index is 5.47. The highest BCUT2D eigenvalue weighted by atomic mass is 15.2. The lowest BCUT2D eigenvalue weighted by molar-refractivity contribution is 0.691. The Kier molecular flexibility index (Phi) is 11.5. The third kappa shape index (κ3) is 7.92. The zero-order valence-electron chi connectivity index (χ0n) is 36.8. The summed E-state index contributed by atoms with van der Waals surface area (Å²) in [6.45, 7) is 13.7. The average molecular weight is 806 g/mol. The van der Waals surface area contributed by atoms with Crippen molar-refractivity contribution in [2.75, 3.05) is 4.90 Å². The van der Waals surface area contributed by atoms with Crippen LogP contribution in [0.5, 0.6) is 0 Å². The van der Waals surface area contributed by atoms with Crippen molar-refractivity contribution in [2.45, 2.75) is 72.3 Å². The van der Waals surface area contributed by atoms with Crippen LogP contribution >= 0.6 is 0 Å². The number of hydrogen-bond acceptors (Lipinski definition) is 2. The van der Waals surface area contributed by atoms with Gasteiger partial charge >= 0.3 is 0 Å². The number of para-hydroxylation sites is 1. The van der Waals surface area contributed by atoms with E-state index in [2.05, 4.69) is 228 Å². The minimum Gasteiger partial charge on any atom is -0.310 e. The fourth-order valence-corrected chi connectivity index (χ4v) is 9.41. The molecule has 8 aromatic rings. The van der Waals surface area contributed by atoms with Gasteiger partial charge < -0.3 is 4.90 Å². The van der Waals surface area contributed by atoms with E-state index in [1.807, 2.05) is 0 Å². The van der Waals surface area contributed by atoms with Gasteiger partial charge in [-0.25, -0.2) is 4.99 Å². The summed E-state index contributed by atoms with van der Waals surface area (Å²) in [6.07, 6.45) is 4.52. The quantitative estimate of drug-likeness (QED) is 0.0999. The summed E-state index contributed by atoms with van der Waals surface area (Å²) in [5, 5.41) is 7.34. The molecule has 0 fully saturated rings. The van der Waals surface area contributed by atoms with E-state index in [1.54, 1.807) is 0 Å². The van der Waals surface area contributed by atoms with Crippen molar-refractivity contribution in [3.8, 4) is 0 Å². The van der Waals surface area contributed by atoms with Crippen LogP contribution in [-0.2, 0) is 0 Å². The Balaban J connectivity index is 1.20. The van der Waals surface area contributed by atoms with Crippen LogP contribution in [0.4, 0.5) is 11.4 Å². The summed E-state index contributed by atoms with van der Waals surface area (Å²) in [5.74, 6) is 1.49. The molecule has 0 saturated heterocycles. The summed E-state index contributed by atoms with van der Waals surface area (Å²) >= 11 is 0. The van der Waals surface area contributed by atoms with Crippen LogP contribution in [0.25, 0.3) is 32.3 Å². The first-order valence-electron chi connectivity index (χ1n) is 22.2. The molecule has 1 aliphatic rings. The van der Waals surface area contributed by atoms with Gasteiger partial charge in [0.2, 0.25) is 0 Å². The molecule has 8 aromatic carbocycles. The number of nitrogens with zero attached hydrogens (tertiary/aromatic N) is 3. The van der Waals surface area contributed by atoms with Crippen LogP contribution in [0, 0.1) is 0 Å². The maximum Gasteiger partial charge on any atom is 0.156 e. The molecule has 0 heterocycles. The zero-order valence-corrected chi connectivity index (χ0v) is 36.8. The molecule has 0 bridgehead atoms. The third-order valence-corrected chi connectivity index (χ3v) is 13.0. The van der Waals surface area contributed by atoms with E-state index in [0.717, 1.165) is 57.8 Å². The molecule has 0 spiro atoms. The normalized spacial score (nSPS) is 15.8. The van der Waals surface area contributed by atoms with Crippen molar-refractivity contribution in [3.63, 3.8) is 0 Å². The first kappa shape index (κ1) is 40.6. The molecule has 3 heteroatoms. The first-order valence-corrected chi connectivity index (χ1v) is 22.2. The Labute approximate surface area is 367 Å². The highest BCUT2D eigenvalue weighted by Crippen LogP contribution is 2.47. The summed E-state index contributed by atoms with van der Waals surface area (Å²) < 4.78 is 0. The molecule has 306 valence electrons. The summed E-state index contributed by atoms with van der Waals surface area (Å²) in [6, 6.07) is 63.3. The second kappa shape index (κ2) is 17.6. The minimum absolute atomic E-state index is 0.0855. The number of benzene rings is 8. The lowest BCUT2D eigenvalue weighted by atomic mass is 9.75. The number of anilines is 2. The van der Waals surface area contributed by atoms with Crippen molar-refractivity contribution < 1.29 is 0 Å². The minimum atomic E-state index is -0.0855. The standard InChI is InChI=1S/C59H55N3/c1-7-39(2)50-34-33-46-24-15-19-31-53(46)58(50)55-35-41(4)56(36-40(55)3)62(49-27-12-9-13-28-49)57-38-48(37-47-25-16-18-30-52(47)57)43(6)61-59(60-42(5)44-21-10-8-11-22-44)54-32-20-26-45-23-14-17-29-51(45)54/h8-34,36-39,42,55H,7,35H2,1-6H3. The molecule has 9 rings (SSSR count). The fraction of sp³-hybridized carbons (Fsp3) is 0.186. The van der Waals surface area contributed by atoms with E-state index in [9.17, 15) is 0 Å². The Hall–Kier alpha value is -6.84. The molecular formula is C59H55N3. The number of amidine groups is 1. The number of allylic oxidation sites excluding steroid dienone is 3. The number of fused-ring (bicyclic) bond motifs is 3. The number of hydrogen-bond donors (Lipinski definition) is 0. The second-order valence-electron chi connectivity index (χ2n) is 17.1. The second-order valence-corrected chi connectivity index (χ2v) is 17.1. The van der Waals surface area contributed by atoms with Gasteiger partial charge in [-0.05, 0) is 132 Å². The molecule has 0 radical (unpaired) electrons.